The number of hydrogen-bond donors (Lipinski definition) is 1. The Bertz CT molecular complexity index is 1230. The van der Waals surface area contributed by atoms with Crippen molar-refractivity contribution in [1.82, 2.24) is 4.90 Å². The third-order valence-corrected chi connectivity index (χ3v) is 6.56. The fourth-order valence-corrected chi connectivity index (χ4v) is 4.33. The minimum absolute atomic E-state index is 0.0674. The highest BCUT2D eigenvalue weighted by Crippen LogP contribution is 2.30. The van der Waals surface area contributed by atoms with Gasteiger partial charge in [0.1, 0.15) is 0 Å². The summed E-state index contributed by atoms with van der Waals surface area (Å²) in [6.45, 7) is 4.84. The van der Waals surface area contributed by atoms with Gasteiger partial charge in [-0.15, -0.1) is 0 Å². The van der Waals surface area contributed by atoms with Gasteiger partial charge in [-0.1, -0.05) is 50.2 Å². The highest BCUT2D eigenvalue weighted by atomic mass is 16.5. The Morgan fingerprint density at radius 2 is 1.66 bits per heavy atom. The molecule has 0 saturated heterocycles. The van der Waals surface area contributed by atoms with Crippen LogP contribution in [-0.4, -0.2) is 36.3 Å². The topological polar surface area (TPSA) is 75.7 Å². The molecule has 0 aromatic heterocycles. The van der Waals surface area contributed by atoms with E-state index in [1.807, 2.05) is 73.7 Å². The number of anilines is 1. The molecule has 0 aliphatic carbocycles. The van der Waals surface area contributed by atoms with Gasteiger partial charge in [0.25, 0.3) is 11.8 Å². The summed E-state index contributed by atoms with van der Waals surface area (Å²) in [6.07, 6.45) is 1.55. The number of methoxy groups -OCH3 is 1. The molecule has 4 rings (SSSR count). The van der Waals surface area contributed by atoms with Gasteiger partial charge < -0.3 is 15.0 Å². The quantitative estimate of drug-likeness (QED) is 0.452. The van der Waals surface area contributed by atoms with Crippen LogP contribution >= 0.6 is 0 Å². The monoisotopic (exact) mass is 470 g/mol. The van der Waals surface area contributed by atoms with Crippen LogP contribution in [0.5, 0.6) is 0 Å². The van der Waals surface area contributed by atoms with E-state index < -0.39 is 0 Å². The highest BCUT2D eigenvalue weighted by molar-refractivity contribution is 6.04. The van der Waals surface area contributed by atoms with E-state index in [1.54, 1.807) is 4.90 Å². The van der Waals surface area contributed by atoms with Crippen LogP contribution in [0.1, 0.15) is 52.1 Å². The zero-order valence-electron chi connectivity index (χ0n) is 20.3. The third kappa shape index (κ3) is 5.27. The van der Waals surface area contributed by atoms with E-state index in [-0.39, 0.29) is 23.7 Å². The van der Waals surface area contributed by atoms with E-state index >= 15 is 0 Å². The minimum atomic E-state index is -0.329. The number of hydrogen-bond acceptors (Lipinski definition) is 4. The standard InChI is InChI=1S/C29H30N2O4/c1-4-19-6-8-22(9-7-19)27(32)30-25-14-12-21(13-15-25)23-10-11-24-18-31(28(33)26(24)16-23)17-20(5-2)29(34)35-3/h6-16,20H,4-5,17-18H2,1-3H3,(H,30,32)/t20-/m0/s1. The van der Waals surface area contributed by atoms with Crippen molar-refractivity contribution in [3.8, 4) is 11.1 Å². The van der Waals surface area contributed by atoms with Gasteiger partial charge in [0.15, 0.2) is 0 Å². The van der Waals surface area contributed by atoms with Gasteiger partial charge in [-0.05, 0) is 65.4 Å². The lowest BCUT2D eigenvalue weighted by atomic mass is 10.00. The van der Waals surface area contributed by atoms with Crippen LogP contribution in [0.4, 0.5) is 5.69 Å². The average molecular weight is 471 g/mol. The van der Waals surface area contributed by atoms with Crippen molar-refractivity contribution < 1.29 is 19.1 Å². The van der Waals surface area contributed by atoms with E-state index in [9.17, 15) is 14.4 Å². The Kier molecular flexibility index (Phi) is 7.30. The molecule has 0 saturated carbocycles. The van der Waals surface area contributed by atoms with E-state index in [1.165, 1.54) is 12.7 Å². The first-order chi connectivity index (χ1) is 16.9. The maximum Gasteiger partial charge on any atom is 0.310 e. The van der Waals surface area contributed by atoms with Gasteiger partial charge >= 0.3 is 5.97 Å². The van der Waals surface area contributed by atoms with Crippen LogP contribution in [0.3, 0.4) is 0 Å². The van der Waals surface area contributed by atoms with Crippen LogP contribution in [-0.2, 0) is 22.5 Å². The van der Waals surface area contributed by atoms with Crippen LogP contribution in [0.15, 0.2) is 66.7 Å². The normalized spacial score (nSPS) is 13.3. The zero-order chi connectivity index (χ0) is 24.9. The van der Waals surface area contributed by atoms with Gasteiger partial charge in [-0.2, -0.15) is 0 Å². The van der Waals surface area contributed by atoms with E-state index in [4.69, 9.17) is 4.74 Å². The molecule has 2 amide bonds. The summed E-state index contributed by atoms with van der Waals surface area (Å²) in [5.74, 6) is -0.838. The molecule has 0 radical (unpaired) electrons. The summed E-state index contributed by atoms with van der Waals surface area (Å²) in [6, 6.07) is 21.0. The molecule has 0 fully saturated rings. The predicted molar refractivity (Wildman–Crippen MR) is 136 cm³/mol. The van der Waals surface area contributed by atoms with Gasteiger partial charge in [-0.3, -0.25) is 14.4 Å². The smallest absolute Gasteiger partial charge is 0.310 e. The van der Waals surface area contributed by atoms with E-state index in [2.05, 4.69) is 12.2 Å². The Balaban J connectivity index is 1.45. The molecule has 1 aliphatic heterocycles. The molecular weight excluding hydrogens is 440 g/mol. The molecule has 3 aromatic carbocycles. The second-order valence-electron chi connectivity index (χ2n) is 8.77. The summed E-state index contributed by atoms with van der Waals surface area (Å²) in [7, 11) is 1.37. The average Bonchev–Trinajstić information content (AvgIpc) is 3.21. The van der Waals surface area contributed by atoms with E-state index in [0.717, 1.165) is 23.1 Å². The Hall–Kier alpha value is -3.93. The lowest BCUT2D eigenvalue weighted by Gasteiger charge is -2.20. The SMILES string of the molecule is CCc1ccc(C(=O)Nc2ccc(-c3ccc4c(c3)C(=O)N(C[C@H](CC)C(=O)OC)C4)cc2)cc1. The summed E-state index contributed by atoms with van der Waals surface area (Å²) in [5.41, 5.74) is 6.00. The second kappa shape index (κ2) is 10.6. The summed E-state index contributed by atoms with van der Waals surface area (Å²) >= 11 is 0. The highest BCUT2D eigenvalue weighted by Gasteiger charge is 2.31. The summed E-state index contributed by atoms with van der Waals surface area (Å²) in [4.78, 5) is 39.2. The Morgan fingerprint density at radius 1 is 0.971 bits per heavy atom. The number of amides is 2. The van der Waals surface area contributed by atoms with Crippen molar-refractivity contribution in [2.24, 2.45) is 5.92 Å². The Labute approximate surface area is 205 Å². The van der Waals surface area contributed by atoms with Crippen LogP contribution in [0.2, 0.25) is 0 Å². The number of carbonyl (C=O) groups excluding carboxylic acids is 3. The number of ether oxygens (including phenoxy) is 1. The van der Waals surface area contributed by atoms with Gasteiger partial charge in [-0.25, -0.2) is 0 Å². The van der Waals surface area contributed by atoms with Crippen LogP contribution in [0.25, 0.3) is 11.1 Å². The fourth-order valence-electron chi connectivity index (χ4n) is 4.33. The van der Waals surface area contributed by atoms with Crippen molar-refractivity contribution in [2.75, 3.05) is 19.0 Å². The van der Waals surface area contributed by atoms with Gasteiger partial charge in [0, 0.05) is 29.9 Å². The molecule has 180 valence electrons. The summed E-state index contributed by atoms with van der Waals surface area (Å²) < 4.78 is 4.87. The van der Waals surface area contributed by atoms with Gasteiger partial charge in [0.2, 0.25) is 0 Å². The van der Waals surface area contributed by atoms with Crippen molar-refractivity contribution in [2.45, 2.75) is 33.2 Å². The van der Waals surface area contributed by atoms with Crippen molar-refractivity contribution in [3.63, 3.8) is 0 Å². The molecule has 3 aromatic rings. The predicted octanol–water partition coefficient (Wildman–Crippen LogP) is 5.32. The number of aryl methyl sites for hydroxylation is 1. The molecule has 1 atom stereocenters. The number of fused-ring (bicyclic) bond motifs is 1. The van der Waals surface area contributed by atoms with Crippen LogP contribution < -0.4 is 5.32 Å². The molecule has 0 bridgehead atoms. The molecule has 6 nitrogen and oxygen atoms in total. The number of benzene rings is 3. The number of carbonyl (C=O) groups is 3. The first kappa shape index (κ1) is 24.2. The fraction of sp³-hybridized carbons (Fsp3) is 0.276. The maximum atomic E-state index is 13.0. The van der Waals surface area contributed by atoms with Crippen LogP contribution in [0, 0.1) is 5.92 Å². The van der Waals surface area contributed by atoms with Crippen molar-refractivity contribution in [3.05, 3.63) is 89.0 Å². The molecule has 1 aliphatic rings. The van der Waals surface area contributed by atoms with Crippen molar-refractivity contribution in [1.29, 1.82) is 0 Å². The molecule has 6 heteroatoms. The maximum absolute atomic E-state index is 13.0. The minimum Gasteiger partial charge on any atom is -0.469 e. The summed E-state index contributed by atoms with van der Waals surface area (Å²) in [5, 5.41) is 2.93. The largest absolute Gasteiger partial charge is 0.469 e. The second-order valence-corrected chi connectivity index (χ2v) is 8.77. The molecule has 1 N–H and O–H groups in total. The Morgan fingerprint density at radius 3 is 2.29 bits per heavy atom. The molecule has 0 spiro atoms. The number of rotatable bonds is 8. The third-order valence-electron chi connectivity index (χ3n) is 6.56. The van der Waals surface area contributed by atoms with Gasteiger partial charge in [0.05, 0.1) is 13.0 Å². The first-order valence-electron chi connectivity index (χ1n) is 11.9. The molecule has 1 heterocycles. The number of nitrogens with one attached hydrogen (secondary N) is 1. The van der Waals surface area contributed by atoms with E-state index in [0.29, 0.717) is 36.3 Å². The lowest BCUT2D eigenvalue weighted by Crippen LogP contribution is -2.33. The number of nitrogens with zero attached hydrogens (tertiary/aromatic N) is 1. The number of esters is 1. The zero-order valence-corrected chi connectivity index (χ0v) is 20.3. The first-order valence-corrected chi connectivity index (χ1v) is 11.9. The lowest BCUT2D eigenvalue weighted by molar-refractivity contribution is -0.146. The van der Waals surface area contributed by atoms with Crippen molar-refractivity contribution >= 4 is 23.5 Å². The molecule has 35 heavy (non-hydrogen) atoms. The molecule has 0 unspecified atom stereocenters. The molecular formula is C29H30N2O4.